The molecule has 0 aromatic heterocycles. The summed E-state index contributed by atoms with van der Waals surface area (Å²) in [7, 11) is 0. The van der Waals surface area contributed by atoms with Gasteiger partial charge >= 0.3 is 0 Å². The highest BCUT2D eigenvalue weighted by Gasteiger charge is 2.16. The smallest absolute Gasteiger partial charge is 0.223 e. The van der Waals surface area contributed by atoms with E-state index >= 15 is 0 Å². The lowest BCUT2D eigenvalue weighted by Gasteiger charge is -2.15. The summed E-state index contributed by atoms with van der Waals surface area (Å²) in [6.45, 7) is 6.32. The Labute approximate surface area is 96.5 Å². The number of carbonyl (C=O) groups excluding carboxylic acids is 1. The summed E-state index contributed by atoms with van der Waals surface area (Å²) < 4.78 is 0. The first-order valence-electron chi connectivity index (χ1n) is 5.57. The molecule has 0 saturated heterocycles. The average molecular weight is 221 g/mol. The quantitative estimate of drug-likeness (QED) is 0.819. The van der Waals surface area contributed by atoms with Crippen molar-refractivity contribution < 1.29 is 9.90 Å². The molecular weight excluding hydrogens is 202 g/mol. The molecule has 1 atom stereocenters. The Morgan fingerprint density at radius 2 is 1.94 bits per heavy atom. The third-order valence-electron chi connectivity index (χ3n) is 2.86. The topological polar surface area (TPSA) is 49.3 Å². The number of carbonyl (C=O) groups is 1. The lowest BCUT2D eigenvalue weighted by molar-refractivity contribution is -0.125. The van der Waals surface area contributed by atoms with E-state index in [-0.39, 0.29) is 17.6 Å². The summed E-state index contributed by atoms with van der Waals surface area (Å²) in [5.74, 6) is 0.563. The molecule has 1 amide bonds. The fourth-order valence-electron chi connectivity index (χ4n) is 1.31. The van der Waals surface area contributed by atoms with Gasteiger partial charge in [-0.3, -0.25) is 4.79 Å². The van der Waals surface area contributed by atoms with Gasteiger partial charge in [-0.05, 0) is 12.0 Å². The van der Waals surface area contributed by atoms with Crippen LogP contribution in [0.4, 0.5) is 0 Å². The molecule has 0 bridgehead atoms. The monoisotopic (exact) mass is 221 g/mol. The molecule has 0 heterocycles. The third kappa shape index (κ3) is 3.26. The molecule has 3 nitrogen and oxygen atoms in total. The molecule has 0 saturated carbocycles. The molecule has 16 heavy (non-hydrogen) atoms. The van der Waals surface area contributed by atoms with Crippen LogP contribution in [0.25, 0.3) is 0 Å². The molecule has 1 aromatic carbocycles. The van der Waals surface area contributed by atoms with Gasteiger partial charge in [0.2, 0.25) is 5.91 Å². The van der Waals surface area contributed by atoms with Crippen LogP contribution >= 0.6 is 0 Å². The van der Waals surface area contributed by atoms with E-state index in [0.717, 1.165) is 5.56 Å². The SMILES string of the molecule is CC(C)C(C)C(=O)NCc1ccccc1O. The molecule has 1 rings (SSSR count). The Bertz CT molecular complexity index is 361. The molecule has 0 aliphatic rings. The number of rotatable bonds is 4. The highest BCUT2D eigenvalue weighted by atomic mass is 16.3. The normalized spacial score (nSPS) is 12.5. The Kier molecular flexibility index (Phi) is 4.35. The molecule has 0 fully saturated rings. The predicted octanol–water partition coefficient (Wildman–Crippen LogP) is 2.30. The maximum absolute atomic E-state index is 11.7. The fraction of sp³-hybridized carbons (Fsp3) is 0.462. The Balaban J connectivity index is 2.52. The lowest BCUT2D eigenvalue weighted by Crippen LogP contribution is -2.31. The number of nitrogens with one attached hydrogen (secondary N) is 1. The van der Waals surface area contributed by atoms with Crippen LogP contribution in [-0.2, 0) is 11.3 Å². The summed E-state index contributed by atoms with van der Waals surface area (Å²) in [5.41, 5.74) is 0.742. The highest BCUT2D eigenvalue weighted by Crippen LogP contribution is 2.15. The van der Waals surface area contributed by atoms with Crippen LogP contribution < -0.4 is 5.32 Å². The van der Waals surface area contributed by atoms with Crippen molar-refractivity contribution in [2.75, 3.05) is 0 Å². The van der Waals surface area contributed by atoms with E-state index in [2.05, 4.69) is 5.32 Å². The van der Waals surface area contributed by atoms with E-state index in [9.17, 15) is 9.90 Å². The second-order valence-corrected chi connectivity index (χ2v) is 4.38. The largest absolute Gasteiger partial charge is 0.508 e. The minimum atomic E-state index is -0.00847. The third-order valence-corrected chi connectivity index (χ3v) is 2.86. The first-order valence-corrected chi connectivity index (χ1v) is 5.57. The maximum atomic E-state index is 11.7. The number of hydrogen-bond donors (Lipinski definition) is 2. The zero-order chi connectivity index (χ0) is 12.1. The molecule has 2 N–H and O–H groups in total. The van der Waals surface area contributed by atoms with Gasteiger partial charge in [-0.25, -0.2) is 0 Å². The number of hydrogen-bond acceptors (Lipinski definition) is 2. The maximum Gasteiger partial charge on any atom is 0.223 e. The summed E-state index contributed by atoms with van der Waals surface area (Å²) in [6.07, 6.45) is 0. The van der Waals surface area contributed by atoms with Crippen molar-refractivity contribution in [2.24, 2.45) is 11.8 Å². The molecule has 0 aliphatic heterocycles. The van der Waals surface area contributed by atoms with Crippen LogP contribution in [0.2, 0.25) is 0 Å². The van der Waals surface area contributed by atoms with E-state index in [1.54, 1.807) is 18.2 Å². The first kappa shape index (κ1) is 12.6. The van der Waals surface area contributed by atoms with Crippen molar-refractivity contribution >= 4 is 5.91 Å². The number of phenolic OH excluding ortho intramolecular Hbond substituents is 1. The number of phenols is 1. The van der Waals surface area contributed by atoms with Gasteiger partial charge in [-0.2, -0.15) is 0 Å². The van der Waals surface area contributed by atoms with Gasteiger partial charge in [-0.15, -0.1) is 0 Å². The number of aromatic hydroxyl groups is 1. The Hall–Kier alpha value is -1.51. The van der Waals surface area contributed by atoms with Gasteiger partial charge in [0.1, 0.15) is 5.75 Å². The van der Waals surface area contributed by atoms with Crippen LogP contribution in [0.15, 0.2) is 24.3 Å². The van der Waals surface area contributed by atoms with Gasteiger partial charge < -0.3 is 10.4 Å². The fourth-order valence-corrected chi connectivity index (χ4v) is 1.31. The van der Waals surface area contributed by atoms with Crippen molar-refractivity contribution in [1.82, 2.24) is 5.32 Å². The summed E-state index contributed by atoms with van der Waals surface area (Å²) >= 11 is 0. The minimum Gasteiger partial charge on any atom is -0.508 e. The van der Waals surface area contributed by atoms with Gasteiger partial charge in [0.05, 0.1) is 0 Å². The van der Waals surface area contributed by atoms with Gasteiger partial charge in [-0.1, -0.05) is 39.0 Å². The van der Waals surface area contributed by atoms with Crippen molar-refractivity contribution in [3.63, 3.8) is 0 Å². The minimum absolute atomic E-state index is 0.00847. The average Bonchev–Trinajstić information content (AvgIpc) is 2.26. The molecule has 0 aliphatic carbocycles. The second kappa shape index (κ2) is 5.54. The molecular formula is C13H19NO2. The van der Waals surface area contributed by atoms with E-state index in [1.165, 1.54) is 0 Å². The number of para-hydroxylation sites is 1. The molecule has 0 radical (unpaired) electrons. The standard InChI is InChI=1S/C13H19NO2/c1-9(2)10(3)13(16)14-8-11-6-4-5-7-12(11)15/h4-7,9-10,15H,8H2,1-3H3,(H,14,16). The number of benzene rings is 1. The first-order chi connectivity index (χ1) is 7.52. The van der Waals surface area contributed by atoms with Crippen molar-refractivity contribution in [2.45, 2.75) is 27.3 Å². The Morgan fingerprint density at radius 3 is 2.50 bits per heavy atom. The lowest BCUT2D eigenvalue weighted by atomic mass is 9.97. The van der Waals surface area contributed by atoms with Gasteiger partial charge in [0.25, 0.3) is 0 Å². The predicted molar refractivity (Wildman–Crippen MR) is 64.0 cm³/mol. The molecule has 88 valence electrons. The van der Waals surface area contributed by atoms with Crippen molar-refractivity contribution in [3.8, 4) is 5.75 Å². The van der Waals surface area contributed by atoms with Crippen LogP contribution in [0, 0.1) is 11.8 Å². The van der Waals surface area contributed by atoms with Gasteiger partial charge in [0.15, 0.2) is 0 Å². The highest BCUT2D eigenvalue weighted by molar-refractivity contribution is 5.78. The summed E-state index contributed by atoms with van der Waals surface area (Å²) in [5, 5.41) is 12.3. The summed E-state index contributed by atoms with van der Waals surface area (Å²) in [4.78, 5) is 11.7. The van der Waals surface area contributed by atoms with E-state index in [0.29, 0.717) is 12.5 Å². The van der Waals surface area contributed by atoms with Crippen LogP contribution in [-0.4, -0.2) is 11.0 Å². The Morgan fingerprint density at radius 1 is 1.31 bits per heavy atom. The van der Waals surface area contributed by atoms with Crippen LogP contribution in [0.1, 0.15) is 26.3 Å². The van der Waals surface area contributed by atoms with E-state index < -0.39 is 0 Å². The molecule has 1 unspecified atom stereocenters. The van der Waals surface area contributed by atoms with Gasteiger partial charge in [0, 0.05) is 18.0 Å². The molecule has 3 heteroatoms. The van der Waals surface area contributed by atoms with Crippen molar-refractivity contribution in [3.05, 3.63) is 29.8 Å². The second-order valence-electron chi connectivity index (χ2n) is 4.38. The van der Waals surface area contributed by atoms with Crippen molar-refractivity contribution in [1.29, 1.82) is 0 Å². The number of amides is 1. The van der Waals surface area contributed by atoms with E-state index in [4.69, 9.17) is 0 Å². The summed E-state index contributed by atoms with van der Waals surface area (Å²) in [6, 6.07) is 7.02. The zero-order valence-electron chi connectivity index (χ0n) is 10.0. The van der Waals surface area contributed by atoms with Crippen LogP contribution in [0.5, 0.6) is 5.75 Å². The van der Waals surface area contributed by atoms with E-state index in [1.807, 2.05) is 26.8 Å². The van der Waals surface area contributed by atoms with Crippen LogP contribution in [0.3, 0.4) is 0 Å². The molecule has 1 aromatic rings. The molecule has 0 spiro atoms. The zero-order valence-corrected chi connectivity index (χ0v) is 10.0.